The molecule has 0 N–H and O–H groups in total. The van der Waals surface area contributed by atoms with Gasteiger partial charge in [-0.2, -0.15) is 0 Å². The van der Waals surface area contributed by atoms with Crippen LogP contribution in [0.1, 0.15) is 33.9 Å². The first kappa shape index (κ1) is 19.0. The van der Waals surface area contributed by atoms with Crippen LogP contribution in [-0.2, 0) is 6.42 Å². The Morgan fingerprint density at radius 3 is 2.83 bits per heavy atom. The van der Waals surface area contributed by atoms with Gasteiger partial charge in [0.2, 0.25) is 5.88 Å². The molecule has 150 valence electrons. The number of nitrogens with zero attached hydrogens (tertiary/aromatic N) is 5. The fourth-order valence-electron chi connectivity index (χ4n) is 3.80. The highest BCUT2D eigenvalue weighted by Crippen LogP contribution is 2.26. The average Bonchev–Trinajstić information content (AvgIpc) is 3.34. The summed E-state index contributed by atoms with van der Waals surface area (Å²) in [5.74, 6) is 1.40. The molecular weight excluding hydrogens is 370 g/mol. The van der Waals surface area contributed by atoms with E-state index in [2.05, 4.69) is 20.1 Å². The smallest absolute Gasteiger partial charge is 0.259 e. The Hall–Kier alpha value is -3.29. The summed E-state index contributed by atoms with van der Waals surface area (Å²) in [7, 11) is 1.52. The van der Waals surface area contributed by atoms with E-state index in [-0.39, 0.29) is 5.91 Å². The number of aryl methyl sites for hydroxylation is 2. The lowest BCUT2D eigenvalue weighted by Gasteiger charge is -2.17. The standard InChI is InChI=1S/C21H23N5O3/c1-13-19(14(2)29-25-13)18-11-23-16(10-24-18)9-15-6-8-26(12-15)21(27)17-5-4-7-22-20(17)28-3/h4-5,7,10-11,15H,6,8-9,12H2,1-3H3. The van der Waals surface area contributed by atoms with E-state index in [4.69, 9.17) is 9.26 Å². The van der Waals surface area contributed by atoms with Crippen LogP contribution >= 0.6 is 0 Å². The molecule has 0 aliphatic carbocycles. The maximum absolute atomic E-state index is 12.8. The predicted molar refractivity (Wildman–Crippen MR) is 106 cm³/mol. The van der Waals surface area contributed by atoms with Gasteiger partial charge in [0.1, 0.15) is 11.3 Å². The summed E-state index contributed by atoms with van der Waals surface area (Å²) in [5.41, 5.74) is 3.88. The number of rotatable bonds is 5. The van der Waals surface area contributed by atoms with Gasteiger partial charge >= 0.3 is 0 Å². The molecule has 1 aliphatic heterocycles. The lowest BCUT2D eigenvalue weighted by Crippen LogP contribution is -2.29. The van der Waals surface area contributed by atoms with Crippen molar-refractivity contribution >= 4 is 5.91 Å². The Morgan fingerprint density at radius 1 is 1.28 bits per heavy atom. The second-order valence-electron chi connectivity index (χ2n) is 7.26. The van der Waals surface area contributed by atoms with Crippen molar-refractivity contribution in [2.24, 2.45) is 5.92 Å². The largest absolute Gasteiger partial charge is 0.480 e. The van der Waals surface area contributed by atoms with E-state index in [1.807, 2.05) is 18.7 Å². The number of hydrogen-bond acceptors (Lipinski definition) is 7. The van der Waals surface area contributed by atoms with Crippen LogP contribution in [0.15, 0.2) is 35.2 Å². The van der Waals surface area contributed by atoms with E-state index in [0.29, 0.717) is 30.5 Å². The normalized spacial score (nSPS) is 16.2. The number of amides is 1. The summed E-state index contributed by atoms with van der Waals surface area (Å²) in [5, 5.41) is 3.97. The Balaban J connectivity index is 1.41. The second-order valence-corrected chi connectivity index (χ2v) is 7.26. The van der Waals surface area contributed by atoms with E-state index in [9.17, 15) is 4.79 Å². The average molecular weight is 393 g/mol. The van der Waals surface area contributed by atoms with E-state index in [1.54, 1.807) is 30.7 Å². The Bertz CT molecular complexity index is 996. The minimum absolute atomic E-state index is 0.0442. The number of pyridine rings is 1. The zero-order chi connectivity index (χ0) is 20.4. The molecule has 1 atom stereocenters. The van der Waals surface area contributed by atoms with Crippen molar-refractivity contribution in [1.29, 1.82) is 0 Å². The molecule has 4 heterocycles. The van der Waals surface area contributed by atoms with Gasteiger partial charge in [0, 0.05) is 25.5 Å². The van der Waals surface area contributed by atoms with Crippen LogP contribution in [0.4, 0.5) is 0 Å². The number of carbonyl (C=O) groups excluding carboxylic acids is 1. The van der Waals surface area contributed by atoms with Crippen molar-refractivity contribution in [2.75, 3.05) is 20.2 Å². The van der Waals surface area contributed by atoms with Crippen LogP contribution in [0.5, 0.6) is 5.88 Å². The van der Waals surface area contributed by atoms with Crippen LogP contribution in [0.3, 0.4) is 0 Å². The highest BCUT2D eigenvalue weighted by atomic mass is 16.5. The number of likely N-dealkylation sites (tertiary alicyclic amines) is 1. The molecule has 0 radical (unpaired) electrons. The number of methoxy groups -OCH3 is 1. The minimum Gasteiger partial charge on any atom is -0.480 e. The first-order valence-corrected chi connectivity index (χ1v) is 9.59. The molecule has 0 spiro atoms. The summed E-state index contributed by atoms with van der Waals surface area (Å²) < 4.78 is 10.4. The molecule has 1 saturated heterocycles. The molecule has 0 saturated carbocycles. The van der Waals surface area contributed by atoms with Gasteiger partial charge in [-0.3, -0.25) is 14.8 Å². The van der Waals surface area contributed by atoms with Gasteiger partial charge in [-0.1, -0.05) is 5.16 Å². The molecule has 1 unspecified atom stereocenters. The second kappa shape index (κ2) is 7.98. The van der Waals surface area contributed by atoms with Crippen LogP contribution in [0.2, 0.25) is 0 Å². The first-order valence-electron chi connectivity index (χ1n) is 9.59. The van der Waals surface area contributed by atoms with Crippen LogP contribution in [0.25, 0.3) is 11.3 Å². The zero-order valence-corrected chi connectivity index (χ0v) is 16.8. The van der Waals surface area contributed by atoms with Crippen LogP contribution in [-0.4, -0.2) is 51.1 Å². The quantitative estimate of drug-likeness (QED) is 0.658. The number of carbonyl (C=O) groups is 1. The summed E-state index contributed by atoms with van der Waals surface area (Å²) in [6.07, 6.45) is 6.90. The van der Waals surface area contributed by atoms with Crippen molar-refractivity contribution in [1.82, 2.24) is 25.0 Å². The zero-order valence-electron chi connectivity index (χ0n) is 16.8. The van der Waals surface area contributed by atoms with Crippen molar-refractivity contribution in [3.63, 3.8) is 0 Å². The Labute approximate surface area is 168 Å². The topological polar surface area (TPSA) is 94.2 Å². The van der Waals surface area contributed by atoms with Gasteiger partial charge < -0.3 is 14.2 Å². The van der Waals surface area contributed by atoms with E-state index < -0.39 is 0 Å². The number of aromatic nitrogens is 4. The molecule has 3 aromatic rings. The lowest BCUT2D eigenvalue weighted by molar-refractivity contribution is 0.0783. The highest BCUT2D eigenvalue weighted by Gasteiger charge is 2.29. The van der Waals surface area contributed by atoms with Crippen molar-refractivity contribution in [3.05, 3.63) is 53.4 Å². The maximum atomic E-state index is 12.8. The van der Waals surface area contributed by atoms with Gasteiger partial charge in [-0.05, 0) is 44.7 Å². The van der Waals surface area contributed by atoms with Gasteiger partial charge in [-0.15, -0.1) is 0 Å². The fraction of sp³-hybridized carbons (Fsp3) is 0.381. The molecule has 4 rings (SSSR count). The third-order valence-corrected chi connectivity index (χ3v) is 5.26. The summed E-state index contributed by atoms with van der Waals surface area (Å²) in [6.45, 7) is 5.16. The molecule has 0 bridgehead atoms. The Morgan fingerprint density at radius 2 is 2.14 bits per heavy atom. The van der Waals surface area contributed by atoms with Crippen molar-refractivity contribution in [2.45, 2.75) is 26.7 Å². The minimum atomic E-state index is -0.0442. The molecule has 8 heteroatoms. The molecule has 3 aromatic heterocycles. The highest BCUT2D eigenvalue weighted by molar-refractivity contribution is 5.96. The third-order valence-electron chi connectivity index (χ3n) is 5.26. The summed E-state index contributed by atoms with van der Waals surface area (Å²) >= 11 is 0. The van der Waals surface area contributed by atoms with Gasteiger partial charge in [0.15, 0.2) is 0 Å². The predicted octanol–water partition coefficient (Wildman–Crippen LogP) is 2.86. The van der Waals surface area contributed by atoms with Crippen LogP contribution < -0.4 is 4.74 Å². The molecule has 8 nitrogen and oxygen atoms in total. The number of ether oxygens (including phenoxy) is 1. The molecule has 1 fully saturated rings. The van der Waals surface area contributed by atoms with Gasteiger partial charge in [-0.25, -0.2) is 4.98 Å². The molecular formula is C21H23N5O3. The van der Waals surface area contributed by atoms with Gasteiger partial charge in [0.05, 0.1) is 36.0 Å². The SMILES string of the molecule is COc1ncccc1C(=O)N1CCC(Cc2cnc(-c3c(C)noc3C)cn2)C1. The van der Waals surface area contributed by atoms with E-state index >= 15 is 0 Å². The van der Waals surface area contributed by atoms with Crippen LogP contribution in [0, 0.1) is 19.8 Å². The molecule has 29 heavy (non-hydrogen) atoms. The molecule has 1 amide bonds. The number of hydrogen-bond donors (Lipinski definition) is 0. The lowest BCUT2D eigenvalue weighted by atomic mass is 10.0. The first-order chi connectivity index (χ1) is 14.1. The van der Waals surface area contributed by atoms with E-state index in [1.165, 1.54) is 7.11 Å². The maximum Gasteiger partial charge on any atom is 0.259 e. The third kappa shape index (κ3) is 3.83. The van der Waals surface area contributed by atoms with Gasteiger partial charge in [0.25, 0.3) is 5.91 Å². The Kier molecular flexibility index (Phi) is 5.24. The van der Waals surface area contributed by atoms with E-state index in [0.717, 1.165) is 41.2 Å². The van der Waals surface area contributed by atoms with Crippen molar-refractivity contribution < 1.29 is 14.1 Å². The monoisotopic (exact) mass is 393 g/mol. The molecule has 0 aromatic carbocycles. The summed E-state index contributed by atoms with van der Waals surface area (Å²) in [6, 6.07) is 3.50. The van der Waals surface area contributed by atoms with Crippen molar-refractivity contribution in [3.8, 4) is 17.1 Å². The molecule has 1 aliphatic rings. The fourth-order valence-corrected chi connectivity index (χ4v) is 3.80. The summed E-state index contributed by atoms with van der Waals surface area (Å²) in [4.78, 5) is 27.9.